The molecule has 3 aliphatic heterocycles. The van der Waals surface area contributed by atoms with Crippen LogP contribution >= 0.6 is 0 Å². The van der Waals surface area contributed by atoms with Crippen molar-refractivity contribution in [1.82, 2.24) is 14.7 Å². The molecule has 4 rings (SSSR count). The van der Waals surface area contributed by atoms with Crippen LogP contribution in [-0.4, -0.2) is 98.4 Å². The summed E-state index contributed by atoms with van der Waals surface area (Å²) in [5, 5.41) is 0. The number of hydrogen-bond donors (Lipinski definition) is 0. The monoisotopic (exact) mass is 441 g/mol. The summed E-state index contributed by atoms with van der Waals surface area (Å²) >= 11 is 0. The summed E-state index contributed by atoms with van der Waals surface area (Å²) in [6.07, 6.45) is 3.97. The summed E-state index contributed by atoms with van der Waals surface area (Å²) < 4.78 is 0. The third kappa shape index (κ3) is 4.33. The van der Waals surface area contributed by atoms with Crippen molar-refractivity contribution in [3.8, 4) is 0 Å². The molecule has 3 heterocycles. The summed E-state index contributed by atoms with van der Waals surface area (Å²) in [6, 6.07) is 5.33. The van der Waals surface area contributed by atoms with Crippen molar-refractivity contribution in [2.24, 2.45) is 0 Å². The SMILES string of the molecule is CCCN1CCN(C(=O)CN2C(=O)[C@@H]3CCCCN3c3ccc(C(=O)N(C)C)cc32)CC1. The van der Waals surface area contributed by atoms with E-state index in [9.17, 15) is 14.4 Å². The Hall–Kier alpha value is -2.61. The predicted octanol–water partition coefficient (Wildman–Crippen LogP) is 1.65. The Labute approximate surface area is 190 Å². The molecule has 0 bridgehead atoms. The van der Waals surface area contributed by atoms with Crippen LogP contribution in [0.2, 0.25) is 0 Å². The fraction of sp³-hybridized carbons (Fsp3) is 0.625. The van der Waals surface area contributed by atoms with E-state index in [1.807, 2.05) is 17.0 Å². The summed E-state index contributed by atoms with van der Waals surface area (Å²) in [7, 11) is 3.43. The fourth-order valence-corrected chi connectivity index (χ4v) is 5.08. The van der Waals surface area contributed by atoms with Crippen molar-refractivity contribution in [3.05, 3.63) is 23.8 Å². The third-order valence-electron chi connectivity index (χ3n) is 6.84. The van der Waals surface area contributed by atoms with Crippen LogP contribution < -0.4 is 9.80 Å². The molecule has 0 aliphatic carbocycles. The van der Waals surface area contributed by atoms with Crippen LogP contribution in [0.4, 0.5) is 11.4 Å². The molecule has 2 fully saturated rings. The summed E-state index contributed by atoms with van der Waals surface area (Å²) in [5.74, 6) is -0.155. The summed E-state index contributed by atoms with van der Waals surface area (Å²) in [5.41, 5.74) is 2.16. The number of hydrogen-bond acceptors (Lipinski definition) is 5. The highest BCUT2D eigenvalue weighted by atomic mass is 16.2. The number of rotatable bonds is 5. The molecular weight excluding hydrogens is 406 g/mol. The van der Waals surface area contributed by atoms with Gasteiger partial charge in [-0.2, -0.15) is 0 Å². The Morgan fingerprint density at radius 2 is 1.78 bits per heavy atom. The molecule has 174 valence electrons. The zero-order valence-electron chi connectivity index (χ0n) is 19.5. The van der Waals surface area contributed by atoms with Crippen LogP contribution in [-0.2, 0) is 9.59 Å². The number of piperazine rings is 1. The standard InChI is InChI=1S/C24H35N5O3/c1-4-10-26-12-14-27(15-13-26)22(30)17-29-21-16-18(23(31)25(2)3)8-9-19(21)28-11-6-5-7-20(28)24(29)32/h8-9,16,20H,4-7,10-15,17H2,1-3H3/t20-/m0/s1. The molecule has 0 saturated carbocycles. The lowest BCUT2D eigenvalue weighted by Gasteiger charge is -2.45. The maximum Gasteiger partial charge on any atom is 0.253 e. The van der Waals surface area contributed by atoms with Crippen LogP contribution in [0.5, 0.6) is 0 Å². The second kappa shape index (κ2) is 9.48. The topological polar surface area (TPSA) is 67.4 Å². The van der Waals surface area contributed by atoms with Gasteiger partial charge in [-0.25, -0.2) is 0 Å². The van der Waals surface area contributed by atoms with Crippen molar-refractivity contribution in [2.75, 3.05) is 69.7 Å². The zero-order valence-corrected chi connectivity index (χ0v) is 19.5. The minimum atomic E-state index is -0.221. The highest BCUT2D eigenvalue weighted by molar-refractivity contribution is 6.09. The molecule has 0 unspecified atom stereocenters. The minimum absolute atomic E-state index is 0.0194. The molecule has 0 aromatic heterocycles. The van der Waals surface area contributed by atoms with Crippen LogP contribution in [0.3, 0.4) is 0 Å². The number of benzene rings is 1. The van der Waals surface area contributed by atoms with Crippen molar-refractivity contribution < 1.29 is 14.4 Å². The molecule has 0 N–H and O–H groups in total. The molecule has 0 spiro atoms. The average molecular weight is 442 g/mol. The van der Waals surface area contributed by atoms with E-state index in [2.05, 4.69) is 16.7 Å². The Morgan fingerprint density at radius 3 is 2.47 bits per heavy atom. The van der Waals surface area contributed by atoms with Gasteiger partial charge in [0.1, 0.15) is 12.6 Å². The molecule has 1 aromatic carbocycles. The first-order valence-electron chi connectivity index (χ1n) is 11.8. The van der Waals surface area contributed by atoms with E-state index < -0.39 is 0 Å². The van der Waals surface area contributed by atoms with Gasteiger partial charge in [0, 0.05) is 52.4 Å². The van der Waals surface area contributed by atoms with Crippen molar-refractivity contribution in [3.63, 3.8) is 0 Å². The number of nitrogens with zero attached hydrogens (tertiary/aromatic N) is 5. The lowest BCUT2D eigenvalue weighted by Crippen LogP contribution is -2.58. The highest BCUT2D eigenvalue weighted by Gasteiger charge is 2.41. The van der Waals surface area contributed by atoms with Gasteiger partial charge in [0.25, 0.3) is 5.91 Å². The second-order valence-corrected chi connectivity index (χ2v) is 9.25. The highest BCUT2D eigenvalue weighted by Crippen LogP contribution is 2.40. The largest absolute Gasteiger partial charge is 0.358 e. The molecular formula is C24H35N5O3. The van der Waals surface area contributed by atoms with E-state index in [0.717, 1.165) is 57.5 Å². The van der Waals surface area contributed by atoms with E-state index >= 15 is 0 Å². The average Bonchev–Trinajstić information content (AvgIpc) is 2.81. The first-order valence-corrected chi connectivity index (χ1v) is 11.8. The van der Waals surface area contributed by atoms with Gasteiger partial charge in [0.15, 0.2) is 0 Å². The lowest BCUT2D eigenvalue weighted by atomic mass is 9.95. The number of amides is 3. The Kier molecular flexibility index (Phi) is 6.69. The summed E-state index contributed by atoms with van der Waals surface area (Å²) in [4.78, 5) is 48.9. The van der Waals surface area contributed by atoms with Gasteiger partial charge in [-0.1, -0.05) is 6.92 Å². The fourth-order valence-electron chi connectivity index (χ4n) is 5.08. The van der Waals surface area contributed by atoms with E-state index in [0.29, 0.717) is 24.3 Å². The van der Waals surface area contributed by atoms with Crippen LogP contribution in [0, 0.1) is 0 Å². The lowest BCUT2D eigenvalue weighted by molar-refractivity contribution is -0.133. The van der Waals surface area contributed by atoms with Gasteiger partial charge in [-0.05, 0) is 50.4 Å². The van der Waals surface area contributed by atoms with Gasteiger partial charge >= 0.3 is 0 Å². The molecule has 2 saturated heterocycles. The molecule has 8 nitrogen and oxygen atoms in total. The quantitative estimate of drug-likeness (QED) is 0.695. The van der Waals surface area contributed by atoms with Crippen molar-refractivity contribution in [2.45, 2.75) is 38.6 Å². The predicted molar refractivity (Wildman–Crippen MR) is 125 cm³/mol. The number of fused-ring (bicyclic) bond motifs is 3. The Balaban J connectivity index is 1.59. The van der Waals surface area contributed by atoms with Crippen LogP contribution in [0.25, 0.3) is 0 Å². The molecule has 1 aromatic rings. The smallest absolute Gasteiger partial charge is 0.253 e. The van der Waals surface area contributed by atoms with Gasteiger partial charge in [-0.15, -0.1) is 0 Å². The van der Waals surface area contributed by atoms with Crippen LogP contribution in [0.15, 0.2) is 18.2 Å². The van der Waals surface area contributed by atoms with Crippen molar-refractivity contribution >= 4 is 29.1 Å². The molecule has 3 amide bonds. The molecule has 0 radical (unpaired) electrons. The van der Waals surface area contributed by atoms with E-state index in [1.165, 1.54) is 4.90 Å². The number of anilines is 2. The second-order valence-electron chi connectivity index (χ2n) is 9.25. The Bertz CT molecular complexity index is 878. The molecule has 1 atom stereocenters. The summed E-state index contributed by atoms with van der Waals surface area (Å²) in [6.45, 7) is 7.23. The minimum Gasteiger partial charge on any atom is -0.358 e. The van der Waals surface area contributed by atoms with Gasteiger partial charge in [-0.3, -0.25) is 24.2 Å². The zero-order chi connectivity index (χ0) is 22.8. The number of carbonyl (C=O) groups excluding carboxylic acids is 3. The number of piperidine rings is 1. The van der Waals surface area contributed by atoms with E-state index in [-0.39, 0.29) is 30.3 Å². The van der Waals surface area contributed by atoms with Gasteiger partial charge < -0.3 is 14.7 Å². The van der Waals surface area contributed by atoms with E-state index in [4.69, 9.17) is 0 Å². The normalized spacial score (nSPS) is 21.3. The maximum atomic E-state index is 13.5. The number of carbonyl (C=O) groups is 3. The first-order chi connectivity index (χ1) is 15.4. The Morgan fingerprint density at radius 1 is 1.03 bits per heavy atom. The molecule has 32 heavy (non-hydrogen) atoms. The van der Waals surface area contributed by atoms with Crippen molar-refractivity contribution in [1.29, 1.82) is 0 Å². The van der Waals surface area contributed by atoms with Crippen LogP contribution in [0.1, 0.15) is 43.0 Å². The van der Waals surface area contributed by atoms with Gasteiger partial charge in [0.05, 0.1) is 11.4 Å². The first kappa shape index (κ1) is 22.6. The van der Waals surface area contributed by atoms with Gasteiger partial charge in [0.2, 0.25) is 11.8 Å². The van der Waals surface area contributed by atoms with E-state index in [1.54, 1.807) is 25.1 Å². The molecule has 8 heteroatoms. The molecule has 3 aliphatic rings. The third-order valence-corrected chi connectivity index (χ3v) is 6.84. The maximum absolute atomic E-state index is 13.5.